The maximum absolute atomic E-state index is 13.3. The number of carboxylic acids is 1. The highest BCUT2D eigenvalue weighted by molar-refractivity contribution is 5.90. The molecule has 2 aromatic rings. The zero-order valence-corrected chi connectivity index (χ0v) is 21.6. The Bertz CT molecular complexity index is 1080. The highest BCUT2D eigenvalue weighted by atomic mass is 19.4. The summed E-state index contributed by atoms with van der Waals surface area (Å²) >= 11 is 0. The number of amides is 2. The number of carboxylic acid groups (broad SMARTS) is 1. The van der Waals surface area contributed by atoms with Gasteiger partial charge in [0.1, 0.15) is 19.0 Å². The zero-order valence-electron chi connectivity index (χ0n) is 21.6. The van der Waals surface area contributed by atoms with E-state index < -0.39 is 48.3 Å². The van der Waals surface area contributed by atoms with Crippen molar-refractivity contribution < 1.29 is 55.2 Å². The number of anilines is 1. The first-order valence-electron chi connectivity index (χ1n) is 12.2. The predicted octanol–water partition coefficient (Wildman–Crippen LogP) is 5.62. The van der Waals surface area contributed by atoms with Gasteiger partial charge in [-0.05, 0) is 43.2 Å². The fraction of sp³-hybridized carbons (Fsp3) is 0.462. The summed E-state index contributed by atoms with van der Waals surface area (Å²) in [5.41, 5.74) is -0.847. The lowest BCUT2D eigenvalue weighted by molar-refractivity contribution is -0.174. The van der Waals surface area contributed by atoms with Gasteiger partial charge in [-0.15, -0.1) is 0 Å². The van der Waals surface area contributed by atoms with Gasteiger partial charge in [-0.25, -0.2) is 9.59 Å². The van der Waals surface area contributed by atoms with E-state index in [0.717, 1.165) is 17.0 Å². The molecule has 14 heteroatoms. The molecule has 0 spiro atoms. The quantitative estimate of drug-likeness (QED) is 0.210. The molecule has 1 unspecified atom stereocenters. The van der Waals surface area contributed by atoms with E-state index in [2.05, 4.69) is 10.1 Å². The number of nitrogens with zero attached hydrogens (tertiary/aromatic N) is 1. The molecule has 1 atom stereocenters. The number of carbonyl (C=O) groups excluding carboxylic acids is 1. The molecule has 8 nitrogen and oxygen atoms in total. The van der Waals surface area contributed by atoms with Crippen LogP contribution in [0.3, 0.4) is 0 Å². The van der Waals surface area contributed by atoms with Gasteiger partial charge in [-0.3, -0.25) is 0 Å². The third-order valence-electron chi connectivity index (χ3n) is 5.36. The highest BCUT2D eigenvalue weighted by Crippen LogP contribution is 2.34. The molecule has 2 amide bonds. The van der Waals surface area contributed by atoms with Crippen LogP contribution in [0, 0.1) is 0 Å². The summed E-state index contributed by atoms with van der Waals surface area (Å²) in [5, 5.41) is 11.4. The van der Waals surface area contributed by atoms with Crippen molar-refractivity contribution >= 4 is 17.7 Å². The van der Waals surface area contributed by atoms with E-state index in [0.29, 0.717) is 11.3 Å². The Morgan fingerprint density at radius 1 is 0.975 bits per heavy atom. The minimum Gasteiger partial charge on any atom is -0.492 e. The molecule has 2 N–H and O–H groups in total. The normalized spacial score (nSPS) is 12.6. The van der Waals surface area contributed by atoms with Crippen LogP contribution in [0.4, 0.5) is 36.8 Å². The molecule has 0 heterocycles. The molecule has 0 saturated heterocycles. The highest BCUT2D eigenvalue weighted by Gasteiger charge is 2.34. The van der Waals surface area contributed by atoms with Crippen LogP contribution in [-0.4, -0.2) is 73.8 Å². The minimum absolute atomic E-state index is 0.0102. The molecule has 40 heavy (non-hydrogen) atoms. The molecule has 0 bridgehead atoms. The smallest absolute Gasteiger partial charge is 0.418 e. The largest absolute Gasteiger partial charge is 0.492 e. The van der Waals surface area contributed by atoms with E-state index in [4.69, 9.17) is 9.47 Å². The standard InChI is InChI=1S/C26H30F6N2O6/c1-2-39-22(23(35)36)16-18-8-10-19(11-9-18)40-15-13-34(12-5-14-38-17-25(27,28)29)24(37)33-21-7-4-3-6-20(21)26(30,31)32/h3-4,6-11,22H,2,5,12-17H2,1H3,(H,33,37)(H,35,36). The Kier molecular flexibility index (Phi) is 12.5. The van der Waals surface area contributed by atoms with Crippen molar-refractivity contribution in [3.05, 3.63) is 59.7 Å². The first-order valence-corrected chi connectivity index (χ1v) is 12.2. The van der Waals surface area contributed by atoms with Gasteiger partial charge >= 0.3 is 24.4 Å². The molecule has 0 radical (unpaired) electrons. The molecule has 0 aliphatic heterocycles. The van der Waals surface area contributed by atoms with E-state index in [-0.39, 0.29) is 45.8 Å². The van der Waals surface area contributed by atoms with Gasteiger partial charge in [0.15, 0.2) is 6.10 Å². The van der Waals surface area contributed by atoms with Gasteiger partial charge in [0, 0.05) is 26.2 Å². The molecule has 0 fully saturated rings. The lowest BCUT2D eigenvalue weighted by atomic mass is 10.1. The first kappa shape index (κ1) is 32.7. The van der Waals surface area contributed by atoms with E-state index in [9.17, 15) is 41.0 Å². The van der Waals surface area contributed by atoms with Gasteiger partial charge in [0.2, 0.25) is 0 Å². The van der Waals surface area contributed by atoms with E-state index in [1.807, 2.05) is 0 Å². The third-order valence-corrected chi connectivity index (χ3v) is 5.36. The molecular formula is C26H30F6N2O6. The average molecular weight is 581 g/mol. The number of halogens is 6. The van der Waals surface area contributed by atoms with Crippen LogP contribution in [0.15, 0.2) is 48.5 Å². The summed E-state index contributed by atoms with van der Waals surface area (Å²) in [5.74, 6) is -0.717. The fourth-order valence-electron chi connectivity index (χ4n) is 3.52. The van der Waals surface area contributed by atoms with Crippen LogP contribution < -0.4 is 10.1 Å². The number of hydrogen-bond donors (Lipinski definition) is 2. The van der Waals surface area contributed by atoms with Crippen molar-refractivity contribution in [1.82, 2.24) is 4.90 Å². The summed E-state index contributed by atoms with van der Waals surface area (Å²) in [4.78, 5) is 25.2. The Balaban J connectivity index is 2.01. The zero-order chi connectivity index (χ0) is 29.8. The molecule has 0 saturated carbocycles. The number of benzene rings is 2. The van der Waals surface area contributed by atoms with Gasteiger partial charge < -0.3 is 29.5 Å². The van der Waals surface area contributed by atoms with Crippen LogP contribution in [0.5, 0.6) is 5.75 Å². The Labute approximate surface area is 226 Å². The van der Waals surface area contributed by atoms with E-state index >= 15 is 0 Å². The van der Waals surface area contributed by atoms with Crippen molar-refractivity contribution in [2.24, 2.45) is 0 Å². The van der Waals surface area contributed by atoms with Crippen LogP contribution in [-0.2, 0) is 26.9 Å². The van der Waals surface area contributed by atoms with Crippen LogP contribution in [0.25, 0.3) is 0 Å². The monoisotopic (exact) mass is 580 g/mol. The second kappa shape index (κ2) is 15.3. The van der Waals surface area contributed by atoms with Gasteiger partial charge in [0.05, 0.1) is 17.8 Å². The lowest BCUT2D eigenvalue weighted by Gasteiger charge is -2.24. The summed E-state index contributed by atoms with van der Waals surface area (Å²) in [6, 6.07) is 9.93. The summed E-state index contributed by atoms with van der Waals surface area (Å²) in [7, 11) is 0. The number of hydrogen-bond acceptors (Lipinski definition) is 5. The van der Waals surface area contributed by atoms with E-state index in [1.165, 1.54) is 12.1 Å². The van der Waals surface area contributed by atoms with Crippen LogP contribution >= 0.6 is 0 Å². The van der Waals surface area contributed by atoms with Crippen molar-refractivity contribution in [1.29, 1.82) is 0 Å². The second-order valence-electron chi connectivity index (χ2n) is 8.46. The van der Waals surface area contributed by atoms with Gasteiger partial charge in [-0.1, -0.05) is 24.3 Å². The number of alkyl halides is 6. The summed E-state index contributed by atoms with van der Waals surface area (Å²) < 4.78 is 92.2. The van der Waals surface area contributed by atoms with E-state index in [1.54, 1.807) is 31.2 Å². The van der Waals surface area contributed by atoms with Crippen molar-refractivity contribution in [3.63, 3.8) is 0 Å². The predicted molar refractivity (Wildman–Crippen MR) is 132 cm³/mol. The molecule has 2 rings (SSSR count). The van der Waals surface area contributed by atoms with Crippen LogP contribution in [0.1, 0.15) is 24.5 Å². The number of para-hydroxylation sites is 1. The Morgan fingerprint density at radius 3 is 2.25 bits per heavy atom. The third kappa shape index (κ3) is 11.7. The average Bonchev–Trinajstić information content (AvgIpc) is 2.87. The maximum atomic E-state index is 13.3. The molecule has 222 valence electrons. The SMILES string of the molecule is CCOC(Cc1ccc(OCCN(CCCOCC(F)(F)F)C(=O)Nc2ccccc2C(F)(F)F)cc1)C(=O)O. The molecule has 2 aromatic carbocycles. The van der Waals surface area contributed by atoms with Gasteiger partial charge in [-0.2, -0.15) is 26.3 Å². The number of ether oxygens (including phenoxy) is 3. The summed E-state index contributed by atoms with van der Waals surface area (Å²) in [6.07, 6.45) is -10.1. The van der Waals surface area contributed by atoms with Gasteiger partial charge in [0.25, 0.3) is 0 Å². The fourth-order valence-corrected chi connectivity index (χ4v) is 3.52. The number of carbonyl (C=O) groups is 2. The van der Waals surface area contributed by atoms with Crippen molar-refractivity contribution in [2.45, 2.75) is 38.2 Å². The maximum Gasteiger partial charge on any atom is 0.418 e. The molecular weight excluding hydrogens is 550 g/mol. The number of nitrogens with one attached hydrogen (secondary N) is 1. The van der Waals surface area contributed by atoms with Crippen molar-refractivity contribution in [3.8, 4) is 5.75 Å². The lowest BCUT2D eigenvalue weighted by Crippen LogP contribution is -2.39. The number of rotatable bonds is 15. The molecule has 0 aliphatic carbocycles. The topological polar surface area (TPSA) is 97.3 Å². The van der Waals surface area contributed by atoms with Crippen LogP contribution in [0.2, 0.25) is 0 Å². The number of aliphatic carboxylic acids is 1. The Morgan fingerprint density at radius 2 is 1.65 bits per heavy atom. The van der Waals surface area contributed by atoms with Crippen molar-refractivity contribution in [2.75, 3.05) is 44.8 Å². The molecule has 0 aliphatic rings. The number of urea groups is 1. The second-order valence-corrected chi connectivity index (χ2v) is 8.46. The molecule has 0 aromatic heterocycles. The first-order chi connectivity index (χ1) is 18.8. The minimum atomic E-state index is -4.72. The Hall–Kier alpha value is -3.52. The summed E-state index contributed by atoms with van der Waals surface area (Å²) in [6.45, 7) is -0.188.